The highest BCUT2D eigenvalue weighted by atomic mass is 16.7. The molecule has 0 radical (unpaired) electrons. The summed E-state index contributed by atoms with van der Waals surface area (Å²) in [6, 6.07) is 0. The molecular formula is C52H88O21. The highest BCUT2D eigenvalue weighted by Gasteiger charge is 2.72. The molecule has 0 bridgehead atoms. The van der Waals surface area contributed by atoms with Crippen LogP contribution >= 0.6 is 0 Å². The number of ether oxygens (including phenoxy) is 8. The third-order valence-electron chi connectivity index (χ3n) is 20.1. The van der Waals surface area contributed by atoms with Crippen LogP contribution in [0.15, 0.2) is 11.6 Å². The second-order valence-electron chi connectivity index (χ2n) is 24.8. The van der Waals surface area contributed by atoms with Gasteiger partial charge >= 0.3 is 0 Å². The van der Waals surface area contributed by atoms with E-state index in [0.717, 1.165) is 31.3 Å². The van der Waals surface area contributed by atoms with Crippen molar-refractivity contribution in [3.8, 4) is 0 Å². The van der Waals surface area contributed by atoms with Crippen molar-refractivity contribution in [2.45, 2.75) is 242 Å². The number of aliphatic hydroxyl groups excluding tert-OH is 13. The van der Waals surface area contributed by atoms with Crippen molar-refractivity contribution >= 4 is 0 Å². The van der Waals surface area contributed by atoms with E-state index in [1.807, 2.05) is 20.8 Å². The lowest BCUT2D eigenvalue weighted by Crippen LogP contribution is -2.67. The summed E-state index contributed by atoms with van der Waals surface area (Å²) in [5, 5.41) is 141. The average molecular weight is 1050 g/mol. The minimum atomic E-state index is -1.75. The molecule has 28 atom stereocenters. The van der Waals surface area contributed by atoms with Gasteiger partial charge in [0.05, 0.1) is 44.2 Å². The molecule has 8 aliphatic rings. The van der Waals surface area contributed by atoms with Crippen LogP contribution in [-0.4, -0.2) is 221 Å². The van der Waals surface area contributed by atoms with Gasteiger partial charge in [0.2, 0.25) is 0 Å². The van der Waals surface area contributed by atoms with Crippen molar-refractivity contribution in [2.75, 3.05) is 26.4 Å². The Bertz CT molecular complexity index is 1890. The second kappa shape index (κ2) is 21.9. The van der Waals surface area contributed by atoms with Gasteiger partial charge in [0, 0.05) is 0 Å². The van der Waals surface area contributed by atoms with E-state index < -0.39 is 141 Å². The van der Waals surface area contributed by atoms with Crippen LogP contribution in [-0.2, 0) is 37.9 Å². The largest absolute Gasteiger partial charge is 0.394 e. The zero-order valence-corrected chi connectivity index (χ0v) is 43.7. The van der Waals surface area contributed by atoms with Crippen LogP contribution in [0.3, 0.4) is 0 Å². The smallest absolute Gasteiger partial charge is 0.187 e. The summed E-state index contributed by atoms with van der Waals surface area (Å²) >= 11 is 0. The molecule has 0 aromatic rings. The first kappa shape index (κ1) is 58.1. The maximum atomic E-state index is 12.8. The Labute approximate surface area is 428 Å². The Hall–Kier alpha value is -1.10. The summed E-state index contributed by atoms with van der Waals surface area (Å²) in [5.74, 6) is -0.201. The van der Waals surface area contributed by atoms with Gasteiger partial charge in [0.15, 0.2) is 25.2 Å². The van der Waals surface area contributed by atoms with Gasteiger partial charge in [0.1, 0.15) is 85.5 Å². The van der Waals surface area contributed by atoms with Gasteiger partial charge in [-0.05, 0) is 124 Å². The molecular weight excluding hydrogens is 961 g/mol. The molecule has 4 aliphatic heterocycles. The lowest BCUT2D eigenvalue weighted by atomic mass is 9.35. The molecule has 13 N–H and O–H groups in total. The minimum absolute atomic E-state index is 0.117. The molecule has 0 amide bonds. The van der Waals surface area contributed by atoms with Crippen LogP contribution < -0.4 is 0 Å². The lowest BCUT2D eigenvalue weighted by molar-refractivity contribution is -0.353. The summed E-state index contributed by atoms with van der Waals surface area (Å²) in [7, 11) is 0. The first-order valence-electron chi connectivity index (χ1n) is 26.7. The number of fused-ring (bicyclic) bond motifs is 5. The Morgan fingerprint density at radius 1 is 0.603 bits per heavy atom. The van der Waals surface area contributed by atoms with Crippen LogP contribution in [0.1, 0.15) is 113 Å². The summed E-state index contributed by atoms with van der Waals surface area (Å²) in [5.41, 5.74) is -1.17. The topological polar surface area (TPSA) is 337 Å². The van der Waals surface area contributed by atoms with E-state index in [-0.39, 0.29) is 59.2 Å². The number of rotatable bonds is 14. The quantitative estimate of drug-likeness (QED) is 0.0739. The van der Waals surface area contributed by atoms with Crippen LogP contribution in [0.4, 0.5) is 0 Å². The van der Waals surface area contributed by atoms with E-state index in [9.17, 15) is 66.4 Å². The Morgan fingerprint density at radius 3 is 1.88 bits per heavy atom. The maximum Gasteiger partial charge on any atom is 0.187 e. The lowest BCUT2D eigenvalue weighted by Gasteiger charge is -2.71. The summed E-state index contributed by atoms with van der Waals surface area (Å²) < 4.78 is 48.0. The Kier molecular flexibility index (Phi) is 17.4. The third-order valence-corrected chi connectivity index (χ3v) is 20.1. The molecule has 0 aromatic heterocycles. The van der Waals surface area contributed by atoms with Gasteiger partial charge in [-0.2, -0.15) is 0 Å². The number of hydrogen-bond acceptors (Lipinski definition) is 21. The predicted octanol–water partition coefficient (Wildman–Crippen LogP) is -0.924. The van der Waals surface area contributed by atoms with E-state index >= 15 is 0 Å². The molecule has 21 heteroatoms. The maximum absolute atomic E-state index is 12.8. The van der Waals surface area contributed by atoms with Gasteiger partial charge in [-0.3, -0.25) is 0 Å². The normalized spacial score (nSPS) is 52.8. The number of aliphatic hydroxyl groups is 13. The van der Waals surface area contributed by atoms with E-state index in [2.05, 4.69) is 40.7 Å². The summed E-state index contributed by atoms with van der Waals surface area (Å²) in [6.07, 6.45) is -19.7. The molecule has 4 saturated carbocycles. The van der Waals surface area contributed by atoms with E-state index in [4.69, 9.17) is 37.9 Å². The summed E-state index contributed by atoms with van der Waals surface area (Å²) in [6.45, 7) is 15.6. The standard InChI is InChI=1S/C52H88O21/c1-23(2)10-9-14-52(8,73-47-41(64)38(61)36(59)29(70-47)22-68-44-42(65)43(27(56)21-66-44)72-45-39(62)34(57)26(55)20-67-45)24-11-16-51(7)33(24)25(54)18-31-49(5)15-13-32(48(3,4)30(49)12-17-50(31,51)6)71-46-40(63)37(60)35(58)28(19-53)69-46/h10,24-47,53-65H,9,11-22H2,1-8H3/t24-,25+,26+,27+,28+,29-,30+,31+,32-,33-,34-,35+,36-,37-,38+,39+,40+,41-,42+,43-,44+,45+,46+,47+,49-,50+,51+,52-/m0/s1. The molecule has 21 nitrogen and oxygen atoms in total. The van der Waals surface area contributed by atoms with Gasteiger partial charge in [0.25, 0.3) is 0 Å². The first-order chi connectivity index (χ1) is 34.1. The average Bonchev–Trinajstić information content (AvgIpc) is 3.72. The molecule has 4 aliphatic carbocycles. The van der Waals surface area contributed by atoms with Crippen molar-refractivity contribution in [1.29, 1.82) is 0 Å². The van der Waals surface area contributed by atoms with Gasteiger partial charge < -0.3 is 104 Å². The van der Waals surface area contributed by atoms with Crippen LogP contribution in [0, 0.1) is 45.3 Å². The molecule has 8 rings (SSSR count). The zero-order valence-electron chi connectivity index (χ0n) is 43.7. The summed E-state index contributed by atoms with van der Waals surface area (Å²) in [4.78, 5) is 0. The highest BCUT2D eigenvalue weighted by Crippen LogP contribution is 2.76. The van der Waals surface area contributed by atoms with Crippen LogP contribution in [0.5, 0.6) is 0 Å². The van der Waals surface area contributed by atoms with Crippen LogP contribution in [0.2, 0.25) is 0 Å². The third kappa shape index (κ3) is 10.3. The second-order valence-corrected chi connectivity index (χ2v) is 24.8. The van der Waals surface area contributed by atoms with E-state index in [1.54, 1.807) is 0 Å². The van der Waals surface area contributed by atoms with Crippen molar-refractivity contribution in [3.63, 3.8) is 0 Å². The number of hydrogen-bond donors (Lipinski definition) is 13. The molecule has 0 spiro atoms. The first-order valence-corrected chi connectivity index (χ1v) is 26.7. The fraction of sp³-hybridized carbons (Fsp3) is 0.962. The molecule has 4 heterocycles. The SMILES string of the molecule is CC(C)=CCC[C@](C)(O[C@H]1O[C@@H](CO[C@H]2OC[C@@H](O)[C@H](O[C@H]3OC[C@@H](O)[C@H](O)[C@H]3O)[C@H]2O)[C@H](O)[C@@H](O)[C@@H]1O)[C@H]1CC[C@]2(C)[C@@H]1[C@H](O)C[C@@H]1[C@@]3(C)CC[C@H](O[C@H]4O[C@H](CO)[C@@H](O)[C@H](O)[C@H]4O)C(C)(C)[C@H]3CC[C@]12C. The molecule has 0 unspecified atom stereocenters. The minimum Gasteiger partial charge on any atom is -0.394 e. The van der Waals surface area contributed by atoms with E-state index in [0.29, 0.717) is 32.1 Å². The fourth-order valence-corrected chi connectivity index (χ4v) is 15.7. The van der Waals surface area contributed by atoms with Gasteiger partial charge in [-0.25, -0.2) is 0 Å². The van der Waals surface area contributed by atoms with Gasteiger partial charge in [-0.1, -0.05) is 46.3 Å². The Morgan fingerprint density at radius 2 is 1.21 bits per heavy atom. The zero-order chi connectivity index (χ0) is 53.5. The van der Waals surface area contributed by atoms with Crippen LogP contribution in [0.25, 0.3) is 0 Å². The van der Waals surface area contributed by atoms with E-state index in [1.165, 1.54) is 0 Å². The molecule has 73 heavy (non-hydrogen) atoms. The molecule has 0 aromatic carbocycles. The van der Waals surface area contributed by atoms with Gasteiger partial charge in [-0.15, -0.1) is 0 Å². The molecule has 4 saturated heterocycles. The highest BCUT2D eigenvalue weighted by molar-refractivity contribution is 5.20. The molecule has 8 fully saturated rings. The monoisotopic (exact) mass is 1050 g/mol. The molecule has 422 valence electrons. The Balaban J connectivity index is 0.980. The van der Waals surface area contributed by atoms with Crippen molar-refractivity contribution < 1.29 is 104 Å². The van der Waals surface area contributed by atoms with Crippen molar-refractivity contribution in [1.82, 2.24) is 0 Å². The predicted molar refractivity (Wildman–Crippen MR) is 254 cm³/mol. The fourth-order valence-electron chi connectivity index (χ4n) is 15.7. The number of allylic oxidation sites excluding steroid dienone is 2. The van der Waals surface area contributed by atoms with Crippen molar-refractivity contribution in [2.24, 2.45) is 45.3 Å². The van der Waals surface area contributed by atoms with Crippen molar-refractivity contribution in [3.05, 3.63) is 11.6 Å².